The molecule has 1 aromatic heterocycles. The lowest BCUT2D eigenvalue weighted by molar-refractivity contribution is 0.484. The van der Waals surface area contributed by atoms with E-state index in [0.717, 1.165) is 23.7 Å². The van der Waals surface area contributed by atoms with Crippen molar-refractivity contribution in [3.8, 4) is 0 Å². The van der Waals surface area contributed by atoms with Gasteiger partial charge in [-0.2, -0.15) is 0 Å². The molecule has 1 aliphatic carbocycles. The molecule has 0 radical (unpaired) electrons. The second-order valence-electron chi connectivity index (χ2n) is 5.82. The maximum Gasteiger partial charge on any atom is 0.259 e. The zero-order valence-corrected chi connectivity index (χ0v) is 14.6. The Bertz CT molecular complexity index is 766. The molecule has 6 nitrogen and oxygen atoms in total. The van der Waals surface area contributed by atoms with E-state index in [4.69, 9.17) is 0 Å². The van der Waals surface area contributed by atoms with Crippen LogP contribution in [0.4, 0.5) is 0 Å². The van der Waals surface area contributed by atoms with E-state index < -0.39 is 10.0 Å². The van der Waals surface area contributed by atoms with Crippen molar-refractivity contribution in [2.75, 3.05) is 6.54 Å². The zero-order valence-electron chi connectivity index (χ0n) is 12.2. The van der Waals surface area contributed by atoms with Crippen LogP contribution in [0, 0.1) is 5.41 Å². The summed E-state index contributed by atoms with van der Waals surface area (Å²) >= 11 is 3.42. The third-order valence-corrected chi connectivity index (χ3v) is 6.01. The SMILES string of the molecule is Cn1nncc1S(=O)(=O)NCC1(Cc2ccc(Br)cc2)CC1. The van der Waals surface area contributed by atoms with E-state index in [1.165, 1.54) is 16.4 Å². The van der Waals surface area contributed by atoms with Crippen molar-refractivity contribution in [1.29, 1.82) is 0 Å². The Hall–Kier alpha value is -1.25. The topological polar surface area (TPSA) is 76.9 Å². The summed E-state index contributed by atoms with van der Waals surface area (Å²) < 4.78 is 29.5. The average Bonchev–Trinajstić information content (AvgIpc) is 3.10. The molecule has 22 heavy (non-hydrogen) atoms. The molecule has 2 aromatic rings. The summed E-state index contributed by atoms with van der Waals surface area (Å²) in [5.74, 6) is 0. The van der Waals surface area contributed by atoms with Crippen molar-refractivity contribution < 1.29 is 8.42 Å². The van der Waals surface area contributed by atoms with Gasteiger partial charge in [0.15, 0.2) is 5.03 Å². The average molecular weight is 385 g/mol. The molecular weight excluding hydrogens is 368 g/mol. The van der Waals surface area contributed by atoms with Crippen LogP contribution in [0.3, 0.4) is 0 Å². The first-order valence-electron chi connectivity index (χ1n) is 6.99. The van der Waals surface area contributed by atoms with Gasteiger partial charge in [-0.1, -0.05) is 33.3 Å². The standard InChI is InChI=1S/C14H17BrN4O2S/c1-19-13(9-16-18-19)22(20,21)17-10-14(6-7-14)8-11-2-4-12(15)5-3-11/h2-5,9,17H,6-8,10H2,1H3. The fourth-order valence-corrected chi connectivity index (χ4v) is 3.95. The minimum Gasteiger partial charge on any atom is -0.236 e. The number of benzene rings is 1. The van der Waals surface area contributed by atoms with Crippen molar-refractivity contribution >= 4 is 26.0 Å². The highest BCUT2D eigenvalue weighted by atomic mass is 79.9. The molecule has 1 aliphatic rings. The maximum absolute atomic E-state index is 12.3. The lowest BCUT2D eigenvalue weighted by Gasteiger charge is -2.16. The number of rotatable bonds is 6. The molecular formula is C14H17BrN4O2S. The minimum absolute atomic E-state index is 0.0346. The Morgan fingerprint density at radius 2 is 2.00 bits per heavy atom. The summed E-state index contributed by atoms with van der Waals surface area (Å²) in [5.41, 5.74) is 1.26. The van der Waals surface area contributed by atoms with Crippen LogP contribution in [0.5, 0.6) is 0 Å². The number of hydrogen-bond donors (Lipinski definition) is 1. The fourth-order valence-electron chi connectivity index (χ4n) is 2.47. The van der Waals surface area contributed by atoms with Gasteiger partial charge in [-0.25, -0.2) is 17.8 Å². The molecule has 0 spiro atoms. The molecule has 0 amide bonds. The molecule has 0 unspecified atom stereocenters. The van der Waals surface area contributed by atoms with Crippen LogP contribution < -0.4 is 4.72 Å². The summed E-state index contributed by atoms with van der Waals surface area (Å²) in [7, 11) is -1.99. The molecule has 118 valence electrons. The molecule has 1 aromatic carbocycles. The number of sulfonamides is 1. The molecule has 0 atom stereocenters. The zero-order chi connectivity index (χ0) is 15.8. The number of halogens is 1. The molecule has 1 heterocycles. The second-order valence-corrected chi connectivity index (χ2v) is 8.45. The lowest BCUT2D eigenvalue weighted by Crippen LogP contribution is -2.32. The molecule has 1 N–H and O–H groups in total. The first-order chi connectivity index (χ1) is 10.4. The van der Waals surface area contributed by atoms with Crippen LogP contribution in [0.1, 0.15) is 18.4 Å². The van der Waals surface area contributed by atoms with Crippen molar-refractivity contribution in [2.45, 2.75) is 24.3 Å². The van der Waals surface area contributed by atoms with Crippen LogP contribution in [0.2, 0.25) is 0 Å². The quantitative estimate of drug-likeness (QED) is 0.824. The van der Waals surface area contributed by atoms with E-state index in [-0.39, 0.29) is 10.4 Å². The Morgan fingerprint density at radius 1 is 1.32 bits per heavy atom. The van der Waals surface area contributed by atoms with Crippen LogP contribution in [0.15, 0.2) is 40.0 Å². The number of aromatic nitrogens is 3. The van der Waals surface area contributed by atoms with Crippen molar-refractivity contribution in [3.63, 3.8) is 0 Å². The molecule has 1 fully saturated rings. The number of aryl methyl sites for hydroxylation is 1. The van der Waals surface area contributed by atoms with Crippen LogP contribution in [0.25, 0.3) is 0 Å². The van der Waals surface area contributed by atoms with E-state index >= 15 is 0 Å². The third-order valence-electron chi connectivity index (χ3n) is 4.03. The number of hydrogen-bond acceptors (Lipinski definition) is 4. The van der Waals surface area contributed by atoms with Crippen LogP contribution >= 0.6 is 15.9 Å². The van der Waals surface area contributed by atoms with Gasteiger partial charge >= 0.3 is 0 Å². The first-order valence-corrected chi connectivity index (χ1v) is 9.27. The van der Waals surface area contributed by atoms with Crippen LogP contribution in [-0.4, -0.2) is 30.0 Å². The molecule has 0 bridgehead atoms. The summed E-state index contributed by atoms with van der Waals surface area (Å²) in [5, 5.41) is 7.37. The highest BCUT2D eigenvalue weighted by Crippen LogP contribution is 2.48. The highest BCUT2D eigenvalue weighted by molar-refractivity contribution is 9.10. The van der Waals surface area contributed by atoms with Gasteiger partial charge in [0.2, 0.25) is 0 Å². The number of nitrogens with one attached hydrogen (secondary N) is 1. The summed E-state index contributed by atoms with van der Waals surface area (Å²) in [4.78, 5) is 0. The van der Waals surface area contributed by atoms with E-state index in [0.29, 0.717) is 6.54 Å². The summed E-state index contributed by atoms with van der Waals surface area (Å²) in [6, 6.07) is 8.17. The molecule has 8 heteroatoms. The Morgan fingerprint density at radius 3 is 2.55 bits per heavy atom. The lowest BCUT2D eigenvalue weighted by atomic mass is 9.97. The predicted octanol–water partition coefficient (Wildman–Crippen LogP) is 1.88. The smallest absolute Gasteiger partial charge is 0.236 e. The van der Waals surface area contributed by atoms with Gasteiger partial charge in [-0.3, -0.25) is 0 Å². The minimum atomic E-state index is -3.56. The van der Waals surface area contributed by atoms with Gasteiger partial charge < -0.3 is 0 Å². The van der Waals surface area contributed by atoms with E-state index in [2.05, 4.69) is 43.1 Å². The Balaban J connectivity index is 1.66. The predicted molar refractivity (Wildman–Crippen MR) is 85.7 cm³/mol. The van der Waals surface area contributed by atoms with Gasteiger partial charge in [0.05, 0.1) is 6.20 Å². The van der Waals surface area contributed by atoms with Crippen molar-refractivity contribution in [2.24, 2.45) is 12.5 Å². The Labute approximate surface area is 138 Å². The molecule has 1 saturated carbocycles. The largest absolute Gasteiger partial charge is 0.259 e. The van der Waals surface area contributed by atoms with Gasteiger partial charge in [0, 0.05) is 18.1 Å². The molecule has 0 saturated heterocycles. The van der Waals surface area contributed by atoms with E-state index in [1.807, 2.05) is 12.1 Å². The Kier molecular flexibility index (Phi) is 4.09. The van der Waals surface area contributed by atoms with Gasteiger partial charge in [-0.05, 0) is 42.4 Å². The summed E-state index contributed by atoms with van der Waals surface area (Å²) in [6.07, 6.45) is 4.22. The van der Waals surface area contributed by atoms with Crippen molar-refractivity contribution in [1.82, 2.24) is 19.7 Å². The fraction of sp³-hybridized carbons (Fsp3) is 0.429. The van der Waals surface area contributed by atoms with Gasteiger partial charge in [-0.15, -0.1) is 5.10 Å². The van der Waals surface area contributed by atoms with Crippen LogP contribution in [-0.2, 0) is 23.5 Å². The molecule has 3 rings (SSSR count). The highest BCUT2D eigenvalue weighted by Gasteiger charge is 2.43. The van der Waals surface area contributed by atoms with Crippen molar-refractivity contribution in [3.05, 3.63) is 40.5 Å². The maximum atomic E-state index is 12.3. The second kappa shape index (κ2) is 5.75. The summed E-state index contributed by atoms with van der Waals surface area (Å²) in [6.45, 7) is 0.441. The monoisotopic (exact) mass is 384 g/mol. The number of nitrogens with zero attached hydrogens (tertiary/aromatic N) is 3. The molecule has 0 aliphatic heterocycles. The van der Waals surface area contributed by atoms with Gasteiger partial charge in [0.25, 0.3) is 10.0 Å². The normalized spacial score (nSPS) is 16.6. The third kappa shape index (κ3) is 3.39. The first kappa shape index (κ1) is 15.6. The van der Waals surface area contributed by atoms with E-state index in [1.54, 1.807) is 7.05 Å². The van der Waals surface area contributed by atoms with Gasteiger partial charge in [0.1, 0.15) is 0 Å². The van der Waals surface area contributed by atoms with E-state index in [9.17, 15) is 8.42 Å².